The van der Waals surface area contributed by atoms with Crippen molar-refractivity contribution in [1.82, 2.24) is 15.1 Å². The number of amides is 6. The minimum atomic E-state index is -1.14. The molecule has 1 saturated heterocycles. The van der Waals surface area contributed by atoms with Crippen molar-refractivity contribution in [1.29, 1.82) is 0 Å². The van der Waals surface area contributed by atoms with Crippen molar-refractivity contribution >= 4 is 41.2 Å². The Morgan fingerprint density at radius 2 is 1.63 bits per heavy atom. The van der Waals surface area contributed by atoms with E-state index in [-0.39, 0.29) is 24.9 Å². The van der Waals surface area contributed by atoms with Crippen molar-refractivity contribution in [3.8, 4) is 5.75 Å². The second-order valence-electron chi connectivity index (χ2n) is 13.8. The number of ether oxygens (including phenoxy) is 1. The number of nitrogens with one attached hydrogen (secondary N) is 3. The van der Waals surface area contributed by atoms with Crippen LogP contribution in [0.2, 0.25) is 0 Å². The number of imide groups is 1. The van der Waals surface area contributed by atoms with Gasteiger partial charge < -0.3 is 30.7 Å². The summed E-state index contributed by atoms with van der Waals surface area (Å²) in [5, 5.41) is 18.2. The summed E-state index contributed by atoms with van der Waals surface area (Å²) in [6.45, 7) is 5.86. The van der Waals surface area contributed by atoms with Crippen molar-refractivity contribution < 1.29 is 33.8 Å². The summed E-state index contributed by atoms with van der Waals surface area (Å²) in [5.41, 5.74) is 2.39. The molecule has 0 radical (unpaired) electrons. The molecule has 0 aromatic heterocycles. The van der Waals surface area contributed by atoms with E-state index in [9.17, 15) is 29.1 Å². The molecular formula is C39H47N5O7. The third-order valence-electron chi connectivity index (χ3n) is 9.70. The van der Waals surface area contributed by atoms with E-state index < -0.39 is 47.9 Å². The van der Waals surface area contributed by atoms with E-state index in [1.165, 1.54) is 7.11 Å². The van der Waals surface area contributed by atoms with Gasteiger partial charge in [-0.3, -0.25) is 14.4 Å². The van der Waals surface area contributed by atoms with Gasteiger partial charge in [-0.05, 0) is 79.1 Å². The van der Waals surface area contributed by atoms with Crippen LogP contribution >= 0.6 is 0 Å². The van der Waals surface area contributed by atoms with Gasteiger partial charge in [-0.15, -0.1) is 0 Å². The fourth-order valence-electron chi connectivity index (χ4n) is 7.06. The highest BCUT2D eigenvalue weighted by molar-refractivity contribution is 6.10. The number of para-hydroxylation sites is 1. The Hall–Kier alpha value is -5.39. The van der Waals surface area contributed by atoms with Crippen LogP contribution in [-0.4, -0.2) is 63.4 Å². The number of methoxy groups -OCH3 is 1. The molecule has 1 aliphatic carbocycles. The predicted molar refractivity (Wildman–Crippen MR) is 193 cm³/mol. The van der Waals surface area contributed by atoms with Crippen molar-refractivity contribution in [3.63, 3.8) is 0 Å². The lowest BCUT2D eigenvalue weighted by atomic mass is 9.80. The van der Waals surface area contributed by atoms with Gasteiger partial charge in [-0.2, -0.15) is 0 Å². The van der Waals surface area contributed by atoms with Crippen molar-refractivity contribution in [2.75, 3.05) is 17.7 Å². The van der Waals surface area contributed by atoms with E-state index in [0.717, 1.165) is 35.3 Å². The largest absolute Gasteiger partial charge is 0.497 e. The number of carbonyl (C=O) groups excluding carboxylic acids is 4. The summed E-state index contributed by atoms with van der Waals surface area (Å²) in [6.07, 6.45) is 3.23. The molecule has 0 bridgehead atoms. The molecule has 12 heteroatoms. The Labute approximate surface area is 298 Å². The first kappa shape index (κ1) is 36.9. The molecule has 6 amide bonds. The molecule has 2 aliphatic rings. The zero-order chi connectivity index (χ0) is 36.7. The van der Waals surface area contributed by atoms with E-state index in [2.05, 4.69) is 16.0 Å². The maximum Gasteiger partial charge on any atom is 0.328 e. The molecule has 1 unspecified atom stereocenters. The number of carbonyl (C=O) groups is 5. The first-order valence-corrected chi connectivity index (χ1v) is 17.5. The topological polar surface area (TPSA) is 157 Å². The molecule has 270 valence electrons. The van der Waals surface area contributed by atoms with Gasteiger partial charge in [-0.1, -0.05) is 75.6 Å². The number of carboxylic acid groups (broad SMARTS) is 1. The molecule has 12 nitrogen and oxygen atoms in total. The van der Waals surface area contributed by atoms with Gasteiger partial charge in [0.25, 0.3) is 5.91 Å². The van der Waals surface area contributed by atoms with E-state index in [1.807, 2.05) is 57.2 Å². The van der Waals surface area contributed by atoms with Crippen LogP contribution < -0.4 is 20.7 Å². The third-order valence-corrected chi connectivity index (χ3v) is 9.70. The second-order valence-corrected chi connectivity index (χ2v) is 13.8. The summed E-state index contributed by atoms with van der Waals surface area (Å²) in [6, 6.07) is 18.4. The van der Waals surface area contributed by atoms with Crippen LogP contribution in [0.5, 0.6) is 5.75 Å². The number of anilines is 2. The SMILES string of the molecule is COc1cccc(C(CC(=O)O)NC(=O)[C@H](CC(C)C)N2C(=O)N(Cc3ccc(NC(=O)Nc4ccccc4C)cc3)C3(CCCCC3)C2=O)c1. The van der Waals surface area contributed by atoms with Crippen LogP contribution in [0.25, 0.3) is 0 Å². The minimum absolute atomic E-state index is 0.0597. The highest BCUT2D eigenvalue weighted by Crippen LogP contribution is 2.43. The molecule has 4 N–H and O–H groups in total. The Kier molecular flexibility index (Phi) is 11.6. The highest BCUT2D eigenvalue weighted by Gasteiger charge is 2.59. The summed E-state index contributed by atoms with van der Waals surface area (Å²) < 4.78 is 5.31. The predicted octanol–water partition coefficient (Wildman–Crippen LogP) is 6.86. The highest BCUT2D eigenvalue weighted by atomic mass is 16.5. The second kappa shape index (κ2) is 16.1. The molecule has 51 heavy (non-hydrogen) atoms. The van der Waals surface area contributed by atoms with E-state index in [4.69, 9.17) is 4.74 Å². The average Bonchev–Trinajstić information content (AvgIpc) is 3.29. The lowest BCUT2D eigenvalue weighted by Crippen LogP contribution is -2.53. The quantitative estimate of drug-likeness (QED) is 0.142. The van der Waals surface area contributed by atoms with Gasteiger partial charge in [0.1, 0.15) is 17.3 Å². The fraction of sp³-hybridized carbons (Fsp3) is 0.410. The zero-order valence-corrected chi connectivity index (χ0v) is 29.6. The summed E-state index contributed by atoms with van der Waals surface area (Å²) in [4.78, 5) is 70.3. The Morgan fingerprint density at radius 1 is 0.922 bits per heavy atom. The van der Waals surface area contributed by atoms with Crippen LogP contribution in [0.15, 0.2) is 72.8 Å². The van der Waals surface area contributed by atoms with Crippen LogP contribution in [-0.2, 0) is 20.9 Å². The standard InChI is InChI=1S/C39H47N5O7/c1-25(2)21-33(35(47)41-32(23-34(45)46)28-12-10-13-30(22-28)51-4)44-36(48)39(19-8-5-9-20-39)43(38(44)50)24-27-15-17-29(18-16-27)40-37(49)42-31-14-7-6-11-26(31)3/h6-7,10-18,22,25,32-33H,5,8-9,19-21,23-24H2,1-4H3,(H,41,47)(H,45,46)(H2,40,42,49)/t32?,33-/m0/s1. The number of nitrogens with zero attached hydrogens (tertiary/aromatic N) is 2. The summed E-state index contributed by atoms with van der Waals surface area (Å²) in [5.74, 6) is -1.65. The Morgan fingerprint density at radius 3 is 2.27 bits per heavy atom. The average molecular weight is 698 g/mol. The van der Waals surface area contributed by atoms with E-state index in [0.29, 0.717) is 35.5 Å². The molecule has 2 atom stereocenters. The number of urea groups is 2. The molecule has 2 fully saturated rings. The number of aryl methyl sites for hydroxylation is 1. The number of rotatable bonds is 13. The number of hydrogen-bond acceptors (Lipinski definition) is 6. The maximum absolute atomic E-state index is 14.5. The monoisotopic (exact) mass is 697 g/mol. The van der Waals surface area contributed by atoms with Gasteiger partial charge in [0.05, 0.1) is 19.6 Å². The normalized spacial score (nSPS) is 16.6. The molecule has 1 saturated carbocycles. The van der Waals surface area contributed by atoms with Crippen molar-refractivity contribution in [2.45, 2.75) is 89.9 Å². The molecular weight excluding hydrogens is 650 g/mol. The molecule has 3 aromatic carbocycles. The lowest BCUT2D eigenvalue weighted by Gasteiger charge is -2.38. The van der Waals surface area contributed by atoms with E-state index >= 15 is 0 Å². The van der Waals surface area contributed by atoms with Gasteiger partial charge in [0, 0.05) is 17.9 Å². The lowest BCUT2D eigenvalue weighted by molar-refractivity contribution is -0.142. The molecule has 1 aliphatic heterocycles. The maximum atomic E-state index is 14.5. The zero-order valence-electron chi connectivity index (χ0n) is 29.6. The van der Waals surface area contributed by atoms with E-state index in [1.54, 1.807) is 41.3 Å². The molecule has 1 heterocycles. The smallest absolute Gasteiger partial charge is 0.328 e. The van der Waals surface area contributed by atoms with Gasteiger partial charge in [-0.25, -0.2) is 14.5 Å². The Balaban J connectivity index is 1.38. The van der Waals surface area contributed by atoms with Crippen molar-refractivity contribution in [3.05, 3.63) is 89.5 Å². The van der Waals surface area contributed by atoms with Gasteiger partial charge in [0.2, 0.25) is 5.91 Å². The minimum Gasteiger partial charge on any atom is -0.497 e. The summed E-state index contributed by atoms with van der Waals surface area (Å²) in [7, 11) is 1.50. The Bertz CT molecular complexity index is 1750. The number of hydrogen-bond donors (Lipinski definition) is 4. The number of benzene rings is 3. The van der Waals surface area contributed by atoms with Crippen LogP contribution in [0.3, 0.4) is 0 Å². The third kappa shape index (κ3) is 8.50. The van der Waals surface area contributed by atoms with Crippen LogP contribution in [0.4, 0.5) is 21.0 Å². The fourth-order valence-corrected chi connectivity index (χ4v) is 7.06. The molecule has 5 rings (SSSR count). The van der Waals surface area contributed by atoms with Crippen LogP contribution in [0, 0.1) is 12.8 Å². The number of carboxylic acids is 1. The molecule has 3 aromatic rings. The van der Waals surface area contributed by atoms with Crippen LogP contribution in [0.1, 0.15) is 81.5 Å². The van der Waals surface area contributed by atoms with Gasteiger partial charge >= 0.3 is 18.0 Å². The molecule has 1 spiro atoms. The summed E-state index contributed by atoms with van der Waals surface area (Å²) >= 11 is 0. The van der Waals surface area contributed by atoms with Gasteiger partial charge in [0.15, 0.2) is 0 Å². The van der Waals surface area contributed by atoms with Crippen molar-refractivity contribution in [2.24, 2.45) is 5.92 Å². The first-order valence-electron chi connectivity index (χ1n) is 17.5. The first-order chi connectivity index (χ1) is 24.4. The number of aliphatic carboxylic acids is 1.